The molecule has 152 valence electrons. The van der Waals surface area contributed by atoms with Crippen LogP contribution in [0.2, 0.25) is 0 Å². The fraction of sp³-hybridized carbons (Fsp3) is 0.0909. The SMILES string of the molecule is O=C(NCCc1ccccc1)c1[nH]ncc1NS(=O)(=O)c1cccc2ccccc12. The topological polar surface area (TPSA) is 104 Å². The Kier molecular flexibility index (Phi) is 5.49. The van der Waals surface area contributed by atoms with Crippen molar-refractivity contribution < 1.29 is 13.2 Å². The summed E-state index contributed by atoms with van der Waals surface area (Å²) < 4.78 is 28.5. The maximum absolute atomic E-state index is 13.0. The number of aromatic nitrogens is 2. The first-order chi connectivity index (χ1) is 14.5. The van der Waals surface area contributed by atoms with Gasteiger partial charge in [0, 0.05) is 11.9 Å². The molecular formula is C22H20N4O3S. The summed E-state index contributed by atoms with van der Waals surface area (Å²) in [5, 5.41) is 10.6. The van der Waals surface area contributed by atoms with Gasteiger partial charge in [0.25, 0.3) is 15.9 Å². The van der Waals surface area contributed by atoms with Crippen molar-refractivity contribution in [3.63, 3.8) is 0 Å². The van der Waals surface area contributed by atoms with Gasteiger partial charge in [-0.15, -0.1) is 0 Å². The van der Waals surface area contributed by atoms with Crippen LogP contribution in [0.25, 0.3) is 10.8 Å². The Morgan fingerprint density at radius 2 is 1.67 bits per heavy atom. The van der Waals surface area contributed by atoms with E-state index in [0.29, 0.717) is 18.4 Å². The van der Waals surface area contributed by atoms with Gasteiger partial charge in [0.1, 0.15) is 5.69 Å². The Hall–Kier alpha value is -3.65. The van der Waals surface area contributed by atoms with E-state index >= 15 is 0 Å². The Labute approximate surface area is 174 Å². The van der Waals surface area contributed by atoms with Gasteiger partial charge in [-0.1, -0.05) is 66.7 Å². The lowest BCUT2D eigenvalue weighted by Crippen LogP contribution is -2.27. The normalized spacial score (nSPS) is 11.3. The predicted molar refractivity (Wildman–Crippen MR) is 116 cm³/mol. The standard InChI is InChI=1S/C22H20N4O3S/c27-22(23-14-13-16-7-2-1-3-8-16)21-19(15-24-25-21)26-30(28,29)20-12-6-10-17-9-4-5-11-18(17)20/h1-12,15,26H,13-14H2,(H,23,27)(H,24,25). The number of hydrogen-bond donors (Lipinski definition) is 3. The molecule has 3 aromatic carbocycles. The summed E-state index contributed by atoms with van der Waals surface area (Å²) >= 11 is 0. The van der Waals surface area contributed by atoms with Gasteiger partial charge in [0.2, 0.25) is 0 Å². The Morgan fingerprint density at radius 3 is 2.50 bits per heavy atom. The van der Waals surface area contributed by atoms with Crippen LogP contribution >= 0.6 is 0 Å². The van der Waals surface area contributed by atoms with Crippen molar-refractivity contribution in [2.75, 3.05) is 11.3 Å². The summed E-state index contributed by atoms with van der Waals surface area (Å²) in [5.74, 6) is -0.431. The molecule has 0 radical (unpaired) electrons. The van der Waals surface area contributed by atoms with Crippen LogP contribution < -0.4 is 10.0 Å². The summed E-state index contributed by atoms with van der Waals surface area (Å²) in [6, 6.07) is 22.0. The molecule has 1 amide bonds. The lowest BCUT2D eigenvalue weighted by molar-refractivity contribution is 0.0950. The highest BCUT2D eigenvalue weighted by Gasteiger charge is 2.22. The number of nitrogens with zero attached hydrogens (tertiary/aromatic N) is 1. The minimum Gasteiger partial charge on any atom is -0.350 e. The third-order valence-corrected chi connectivity index (χ3v) is 6.12. The second-order valence-electron chi connectivity index (χ2n) is 6.73. The highest BCUT2D eigenvalue weighted by atomic mass is 32.2. The van der Waals surface area contributed by atoms with E-state index < -0.39 is 15.9 Å². The average molecular weight is 420 g/mol. The van der Waals surface area contributed by atoms with Crippen LogP contribution in [0.3, 0.4) is 0 Å². The first kappa shape index (κ1) is 19.7. The average Bonchev–Trinajstić information content (AvgIpc) is 3.21. The molecule has 7 nitrogen and oxygen atoms in total. The molecule has 0 atom stereocenters. The fourth-order valence-electron chi connectivity index (χ4n) is 3.22. The van der Waals surface area contributed by atoms with E-state index in [1.165, 1.54) is 12.3 Å². The molecule has 0 bridgehead atoms. The molecule has 0 saturated heterocycles. The van der Waals surface area contributed by atoms with Crippen molar-refractivity contribution in [2.45, 2.75) is 11.3 Å². The van der Waals surface area contributed by atoms with Gasteiger partial charge in [-0.25, -0.2) is 8.42 Å². The third-order valence-electron chi connectivity index (χ3n) is 4.69. The molecule has 30 heavy (non-hydrogen) atoms. The van der Waals surface area contributed by atoms with Crippen LogP contribution in [-0.4, -0.2) is 31.1 Å². The van der Waals surface area contributed by atoms with Crippen LogP contribution in [0.15, 0.2) is 83.9 Å². The molecular weight excluding hydrogens is 400 g/mol. The molecule has 1 aromatic heterocycles. The van der Waals surface area contributed by atoms with Gasteiger partial charge in [-0.05, 0) is 23.4 Å². The van der Waals surface area contributed by atoms with Crippen molar-refractivity contribution in [3.8, 4) is 0 Å². The quantitative estimate of drug-likeness (QED) is 0.427. The monoisotopic (exact) mass is 420 g/mol. The lowest BCUT2D eigenvalue weighted by atomic mass is 10.1. The maximum Gasteiger partial charge on any atom is 0.271 e. The third kappa shape index (κ3) is 4.18. The number of benzene rings is 3. The number of fused-ring (bicyclic) bond motifs is 1. The van der Waals surface area contributed by atoms with Gasteiger partial charge in [-0.3, -0.25) is 14.6 Å². The number of carbonyl (C=O) groups excluding carboxylic acids is 1. The highest BCUT2D eigenvalue weighted by Crippen LogP contribution is 2.25. The minimum absolute atomic E-state index is 0.0619. The second kappa shape index (κ2) is 8.38. The number of carbonyl (C=O) groups is 1. The molecule has 0 spiro atoms. The van der Waals surface area contributed by atoms with E-state index in [4.69, 9.17) is 0 Å². The Morgan fingerprint density at radius 1 is 0.933 bits per heavy atom. The van der Waals surface area contributed by atoms with Crippen molar-refractivity contribution in [3.05, 3.63) is 90.3 Å². The first-order valence-corrected chi connectivity index (χ1v) is 10.9. The summed E-state index contributed by atoms with van der Waals surface area (Å²) in [4.78, 5) is 12.7. The summed E-state index contributed by atoms with van der Waals surface area (Å²) in [6.07, 6.45) is 1.95. The smallest absolute Gasteiger partial charge is 0.271 e. The molecule has 0 unspecified atom stereocenters. The zero-order valence-electron chi connectivity index (χ0n) is 16.0. The van der Waals surface area contributed by atoms with Gasteiger partial charge >= 0.3 is 0 Å². The van der Waals surface area contributed by atoms with E-state index in [9.17, 15) is 13.2 Å². The van der Waals surface area contributed by atoms with E-state index in [1.54, 1.807) is 18.2 Å². The lowest BCUT2D eigenvalue weighted by Gasteiger charge is -2.11. The van der Waals surface area contributed by atoms with Gasteiger partial charge in [-0.2, -0.15) is 5.10 Å². The molecule has 1 heterocycles. The minimum atomic E-state index is -3.92. The summed E-state index contributed by atoms with van der Waals surface area (Å²) in [7, 11) is -3.92. The number of amides is 1. The molecule has 0 saturated carbocycles. The largest absolute Gasteiger partial charge is 0.350 e. The first-order valence-electron chi connectivity index (χ1n) is 9.41. The van der Waals surface area contributed by atoms with Gasteiger partial charge in [0.15, 0.2) is 0 Å². The van der Waals surface area contributed by atoms with E-state index in [2.05, 4.69) is 20.2 Å². The Bertz CT molecular complexity index is 1280. The number of sulfonamides is 1. The molecule has 0 aliphatic rings. The fourth-order valence-corrected chi connectivity index (χ4v) is 4.51. The molecule has 0 aliphatic carbocycles. The van der Waals surface area contributed by atoms with Crippen LogP contribution in [0.5, 0.6) is 0 Å². The van der Waals surface area contributed by atoms with Crippen LogP contribution in [0, 0.1) is 0 Å². The van der Waals surface area contributed by atoms with E-state index in [0.717, 1.165) is 10.9 Å². The number of H-pyrrole nitrogens is 1. The summed E-state index contributed by atoms with van der Waals surface area (Å²) in [5.41, 5.74) is 1.26. The van der Waals surface area contributed by atoms with Gasteiger partial charge < -0.3 is 5.32 Å². The maximum atomic E-state index is 13.0. The van der Waals surface area contributed by atoms with Crippen LogP contribution in [-0.2, 0) is 16.4 Å². The molecule has 3 N–H and O–H groups in total. The zero-order chi connectivity index (χ0) is 21.0. The van der Waals surface area contributed by atoms with E-state index in [1.807, 2.05) is 48.5 Å². The number of rotatable bonds is 7. The summed E-state index contributed by atoms with van der Waals surface area (Å²) in [6.45, 7) is 0.414. The second-order valence-corrected chi connectivity index (χ2v) is 8.38. The molecule has 0 aliphatic heterocycles. The highest BCUT2D eigenvalue weighted by molar-refractivity contribution is 7.93. The van der Waals surface area contributed by atoms with Crippen molar-refractivity contribution in [2.24, 2.45) is 0 Å². The molecule has 4 rings (SSSR count). The van der Waals surface area contributed by atoms with E-state index in [-0.39, 0.29) is 16.3 Å². The van der Waals surface area contributed by atoms with Crippen molar-refractivity contribution >= 4 is 32.4 Å². The number of aromatic amines is 1. The molecule has 8 heteroatoms. The van der Waals surface area contributed by atoms with Crippen molar-refractivity contribution in [1.29, 1.82) is 0 Å². The predicted octanol–water partition coefficient (Wildman–Crippen LogP) is 3.34. The number of hydrogen-bond acceptors (Lipinski definition) is 4. The number of anilines is 1. The molecule has 0 fully saturated rings. The molecule has 4 aromatic rings. The Balaban J connectivity index is 1.50. The van der Waals surface area contributed by atoms with Gasteiger partial charge in [0.05, 0.1) is 16.8 Å². The van der Waals surface area contributed by atoms with Crippen LogP contribution in [0.1, 0.15) is 16.1 Å². The van der Waals surface area contributed by atoms with Crippen molar-refractivity contribution in [1.82, 2.24) is 15.5 Å². The van der Waals surface area contributed by atoms with Crippen LogP contribution in [0.4, 0.5) is 5.69 Å². The zero-order valence-corrected chi connectivity index (χ0v) is 16.8. The number of nitrogens with one attached hydrogen (secondary N) is 3.